The lowest BCUT2D eigenvalue weighted by atomic mass is 10.1. The van der Waals surface area contributed by atoms with E-state index in [0.29, 0.717) is 16.1 Å². The third-order valence-electron chi connectivity index (χ3n) is 4.00. The molecule has 0 saturated heterocycles. The van der Waals surface area contributed by atoms with Gasteiger partial charge in [0.1, 0.15) is 6.54 Å². The van der Waals surface area contributed by atoms with Gasteiger partial charge in [-0.15, -0.1) is 11.3 Å². The zero-order valence-corrected chi connectivity index (χ0v) is 16.6. The number of ether oxygens (including phenoxy) is 1. The summed E-state index contributed by atoms with van der Waals surface area (Å²) in [6, 6.07) is 8.46. The van der Waals surface area contributed by atoms with E-state index in [-0.39, 0.29) is 18.4 Å². The lowest BCUT2D eigenvalue weighted by Gasteiger charge is -2.06. The fourth-order valence-electron chi connectivity index (χ4n) is 2.54. The zero-order chi connectivity index (χ0) is 19.8. The Balaban J connectivity index is 2.00. The summed E-state index contributed by atoms with van der Waals surface area (Å²) in [7, 11) is 1.26. The van der Waals surface area contributed by atoms with Crippen LogP contribution in [0, 0.1) is 0 Å². The van der Waals surface area contributed by atoms with Gasteiger partial charge in [0.15, 0.2) is 0 Å². The molecule has 2 amide bonds. The van der Waals surface area contributed by atoms with Crippen LogP contribution in [0.25, 0.3) is 0 Å². The number of aryl methyl sites for hydroxylation is 2. The minimum atomic E-state index is -0.517. The standard InChI is InChI=1S/C20H24N2O4S/c1-4-6-16-13(5-2)11-17(27-16)20(25)22-15-9-7-14(8-10-15)19(24)21-12-18(23)26-3/h7-11H,4-6,12H2,1-3H3,(H,21,24)(H,22,25). The molecule has 0 saturated carbocycles. The maximum Gasteiger partial charge on any atom is 0.325 e. The summed E-state index contributed by atoms with van der Waals surface area (Å²) in [6.45, 7) is 4.03. The fourth-order valence-corrected chi connectivity index (χ4v) is 3.79. The number of anilines is 1. The predicted molar refractivity (Wildman–Crippen MR) is 106 cm³/mol. The van der Waals surface area contributed by atoms with Crippen LogP contribution in [0.2, 0.25) is 0 Å². The van der Waals surface area contributed by atoms with Gasteiger partial charge in [0.05, 0.1) is 12.0 Å². The molecular formula is C20H24N2O4S. The second kappa shape index (κ2) is 9.87. The molecular weight excluding hydrogens is 364 g/mol. The molecule has 1 heterocycles. The van der Waals surface area contributed by atoms with Crippen LogP contribution in [0.5, 0.6) is 0 Å². The molecule has 0 unspecified atom stereocenters. The number of methoxy groups -OCH3 is 1. The molecule has 0 aliphatic rings. The molecule has 1 aromatic heterocycles. The first-order valence-corrected chi connectivity index (χ1v) is 9.68. The molecule has 2 aromatic rings. The molecule has 0 fully saturated rings. The summed E-state index contributed by atoms with van der Waals surface area (Å²) in [5.41, 5.74) is 2.23. The van der Waals surface area contributed by atoms with Crippen molar-refractivity contribution in [2.45, 2.75) is 33.1 Å². The van der Waals surface area contributed by atoms with E-state index in [1.165, 1.54) is 28.9 Å². The maximum atomic E-state index is 12.5. The summed E-state index contributed by atoms with van der Waals surface area (Å²) in [6.07, 6.45) is 2.94. The van der Waals surface area contributed by atoms with Gasteiger partial charge in [-0.25, -0.2) is 0 Å². The molecule has 6 nitrogen and oxygen atoms in total. The summed E-state index contributed by atoms with van der Waals surface area (Å²) >= 11 is 1.54. The molecule has 0 bridgehead atoms. The highest BCUT2D eigenvalue weighted by Gasteiger charge is 2.14. The minimum absolute atomic E-state index is 0.153. The van der Waals surface area contributed by atoms with Crippen LogP contribution in [0.1, 0.15) is 50.7 Å². The Morgan fingerprint density at radius 2 is 1.78 bits per heavy atom. The second-order valence-electron chi connectivity index (χ2n) is 5.95. The number of benzene rings is 1. The Morgan fingerprint density at radius 1 is 1.07 bits per heavy atom. The van der Waals surface area contributed by atoms with E-state index in [4.69, 9.17) is 0 Å². The fraction of sp³-hybridized carbons (Fsp3) is 0.350. The number of rotatable bonds is 8. The van der Waals surface area contributed by atoms with Gasteiger partial charge in [0.25, 0.3) is 11.8 Å². The van der Waals surface area contributed by atoms with Crippen LogP contribution >= 0.6 is 11.3 Å². The lowest BCUT2D eigenvalue weighted by Crippen LogP contribution is -2.30. The van der Waals surface area contributed by atoms with E-state index in [1.807, 2.05) is 6.07 Å². The Morgan fingerprint density at radius 3 is 2.37 bits per heavy atom. The van der Waals surface area contributed by atoms with Crippen molar-refractivity contribution in [3.05, 3.63) is 51.2 Å². The third kappa shape index (κ3) is 5.65. The molecule has 0 aliphatic carbocycles. The van der Waals surface area contributed by atoms with Crippen molar-refractivity contribution in [3.63, 3.8) is 0 Å². The van der Waals surface area contributed by atoms with Crippen LogP contribution in [0.3, 0.4) is 0 Å². The van der Waals surface area contributed by atoms with E-state index in [1.54, 1.807) is 24.3 Å². The number of carbonyl (C=O) groups is 3. The van der Waals surface area contributed by atoms with Gasteiger partial charge in [0.2, 0.25) is 0 Å². The van der Waals surface area contributed by atoms with Crippen molar-refractivity contribution < 1.29 is 19.1 Å². The summed E-state index contributed by atoms with van der Waals surface area (Å²) in [5, 5.41) is 5.32. The third-order valence-corrected chi connectivity index (χ3v) is 5.24. The highest BCUT2D eigenvalue weighted by atomic mass is 32.1. The highest BCUT2D eigenvalue weighted by Crippen LogP contribution is 2.25. The van der Waals surface area contributed by atoms with E-state index in [9.17, 15) is 14.4 Å². The van der Waals surface area contributed by atoms with Gasteiger partial charge in [0, 0.05) is 16.1 Å². The minimum Gasteiger partial charge on any atom is -0.468 e. The van der Waals surface area contributed by atoms with Crippen LogP contribution in [-0.4, -0.2) is 31.4 Å². The van der Waals surface area contributed by atoms with Crippen molar-refractivity contribution in [2.75, 3.05) is 19.0 Å². The van der Waals surface area contributed by atoms with Gasteiger partial charge in [-0.05, 0) is 48.7 Å². The Hall–Kier alpha value is -2.67. The normalized spacial score (nSPS) is 10.3. The van der Waals surface area contributed by atoms with Gasteiger partial charge >= 0.3 is 5.97 Å². The van der Waals surface area contributed by atoms with Gasteiger partial charge in [-0.1, -0.05) is 20.3 Å². The molecule has 0 spiro atoms. The first-order valence-electron chi connectivity index (χ1n) is 8.86. The molecule has 27 heavy (non-hydrogen) atoms. The SMILES string of the molecule is CCCc1sc(C(=O)Nc2ccc(C(=O)NCC(=O)OC)cc2)cc1CC. The quantitative estimate of drug-likeness (QED) is 0.679. The van der Waals surface area contributed by atoms with Crippen LogP contribution in [-0.2, 0) is 22.4 Å². The molecule has 0 aliphatic heterocycles. The maximum absolute atomic E-state index is 12.5. The van der Waals surface area contributed by atoms with Crippen molar-refractivity contribution in [2.24, 2.45) is 0 Å². The Labute approximate surface area is 162 Å². The number of esters is 1. The number of thiophene rings is 1. The Bertz CT molecular complexity index is 812. The number of amides is 2. The van der Waals surface area contributed by atoms with Crippen molar-refractivity contribution >= 4 is 34.8 Å². The van der Waals surface area contributed by atoms with Gasteiger partial charge in [-0.3, -0.25) is 14.4 Å². The molecule has 2 N–H and O–H groups in total. The average Bonchev–Trinajstić information content (AvgIpc) is 3.09. The second-order valence-corrected chi connectivity index (χ2v) is 7.09. The number of hydrogen-bond donors (Lipinski definition) is 2. The number of carbonyl (C=O) groups excluding carboxylic acids is 3. The largest absolute Gasteiger partial charge is 0.468 e. The highest BCUT2D eigenvalue weighted by molar-refractivity contribution is 7.14. The predicted octanol–water partition coefficient (Wildman–Crippen LogP) is 3.42. The van der Waals surface area contributed by atoms with E-state index in [0.717, 1.165) is 19.3 Å². The van der Waals surface area contributed by atoms with E-state index in [2.05, 4.69) is 29.2 Å². The summed E-state index contributed by atoms with van der Waals surface area (Å²) in [4.78, 5) is 37.5. The summed E-state index contributed by atoms with van der Waals surface area (Å²) < 4.78 is 4.47. The molecule has 0 atom stereocenters. The lowest BCUT2D eigenvalue weighted by molar-refractivity contribution is -0.139. The monoisotopic (exact) mass is 388 g/mol. The van der Waals surface area contributed by atoms with Gasteiger partial charge in [-0.2, -0.15) is 0 Å². The zero-order valence-electron chi connectivity index (χ0n) is 15.8. The van der Waals surface area contributed by atoms with Crippen molar-refractivity contribution in [3.8, 4) is 0 Å². The topological polar surface area (TPSA) is 84.5 Å². The first kappa shape index (κ1) is 20.6. The molecule has 2 rings (SSSR count). The number of hydrogen-bond acceptors (Lipinski definition) is 5. The van der Waals surface area contributed by atoms with Gasteiger partial charge < -0.3 is 15.4 Å². The summed E-state index contributed by atoms with van der Waals surface area (Å²) in [5.74, 6) is -1.05. The Kier molecular flexibility index (Phi) is 7.55. The molecule has 1 aromatic carbocycles. The van der Waals surface area contributed by atoms with Crippen molar-refractivity contribution in [1.29, 1.82) is 0 Å². The van der Waals surface area contributed by atoms with Crippen LogP contribution in [0.4, 0.5) is 5.69 Å². The van der Waals surface area contributed by atoms with Crippen LogP contribution in [0.15, 0.2) is 30.3 Å². The average molecular weight is 388 g/mol. The molecule has 0 radical (unpaired) electrons. The van der Waals surface area contributed by atoms with E-state index >= 15 is 0 Å². The van der Waals surface area contributed by atoms with Crippen molar-refractivity contribution in [1.82, 2.24) is 5.32 Å². The van der Waals surface area contributed by atoms with E-state index < -0.39 is 5.97 Å². The molecule has 7 heteroatoms. The molecule has 144 valence electrons. The smallest absolute Gasteiger partial charge is 0.325 e. The number of nitrogens with one attached hydrogen (secondary N) is 2. The first-order chi connectivity index (χ1) is 13.0. The van der Waals surface area contributed by atoms with Crippen LogP contribution < -0.4 is 10.6 Å².